The van der Waals surface area contributed by atoms with Crippen molar-refractivity contribution in [3.05, 3.63) is 193 Å². The molecule has 6 aliphatic rings. The number of likely N-dealkylation sites (tertiary alicyclic amines) is 1. The van der Waals surface area contributed by atoms with Gasteiger partial charge in [0.2, 0.25) is 23.8 Å². The molecule has 3 aromatic carbocycles. The Labute approximate surface area is 716 Å². The molecular weight excluding hydrogens is 1660 g/mol. The number of rotatable bonds is 15. The first-order valence-electron chi connectivity index (χ1n) is 37.7. The fraction of sp³-hybridized carbons (Fsp3) is 0.237. The van der Waals surface area contributed by atoms with Crippen LogP contribution in [0.5, 0.6) is 5.75 Å². The number of piperazine rings is 1. The molecule has 18 rings (SSSR count). The standard InChI is InChI=1S/C28H34N8O2S.C19H16ClN5O3S.C19H18N6O3S2.C14H13N7OS/c1-32-13-15-35(16-14-32)21-8-11-36(12-9-21)26(37)19-4-6-20(7-5-19)30-28-29-18-23-25(31-28)33(2)22-10-17-39-24(22)27(38)34(23)3;1-24-13-7-8-29-16(13)18(27)25(2)14-10-21-19(23-17(14)24)22-11-3-5-12(6-4-11)28-15(26)9-20;1-4-30(27,28)23-13-7-5-12(6-8-13)21-19-20-11-15-17(22-19)24(2)14-9-10-29-16(14)18(26)25(15)3;1-20-8-4-6-23-11(8)13(22)21(2)9-7-15-14(18-12(9)20)17-10-3-5-16-19-10/h4-7,10,17-18,21H,8-9,11-16H2,1-3H3,(H,29,30,31);3-8,10H,9H2,1-2H3,(H,21,22,23);4-11,23H,1H2,2-3H3,(H,20,21,22);3-7H,1-2H3,(H2,15,16,17,18,19). The number of benzene rings is 3. The SMILES string of the molecule is C=CS(=O)(=O)Nc1ccc(Nc2ncc3c(n2)N(C)c2ccsc2C(=O)N3C)cc1.CN1C(=O)c2sccc2N(C)c2nc(Nc3ccc(OC(=O)CCl)cc3)ncc21.CN1C(=O)c2sccc2N(C)c2nc(Nc3ccn[nH]3)ncc21.CN1CCN(C2CCN(C(=O)c3ccc(Nc4ncc5c(n4)N(C)c4ccsc4C(=O)N5C)cc3)CC2)CC1. The highest BCUT2D eigenvalue weighted by molar-refractivity contribution is 7.95. The molecule has 0 saturated carbocycles. The van der Waals surface area contributed by atoms with Gasteiger partial charge >= 0.3 is 5.97 Å². The van der Waals surface area contributed by atoms with Crippen LogP contribution in [0.2, 0.25) is 0 Å². The van der Waals surface area contributed by atoms with Crippen LogP contribution in [-0.2, 0) is 14.8 Å². The highest BCUT2D eigenvalue weighted by Crippen LogP contribution is 2.45. The molecule has 6 N–H and O–H groups in total. The van der Waals surface area contributed by atoms with Crippen LogP contribution < -0.4 is 69.9 Å². The van der Waals surface area contributed by atoms with E-state index in [1.807, 2.05) is 123 Å². The van der Waals surface area contributed by atoms with Crippen molar-refractivity contribution in [3.8, 4) is 5.75 Å². The summed E-state index contributed by atoms with van der Waals surface area (Å²) in [6.45, 7) is 9.36. The highest BCUT2D eigenvalue weighted by atomic mass is 35.5. The molecule has 2 saturated heterocycles. The first-order valence-corrected chi connectivity index (χ1v) is 43.3. The van der Waals surface area contributed by atoms with Crippen LogP contribution in [0.1, 0.15) is 61.9 Å². The van der Waals surface area contributed by atoms with Gasteiger partial charge in [0.25, 0.3) is 39.6 Å². The van der Waals surface area contributed by atoms with E-state index < -0.39 is 16.0 Å². The number of anilines is 21. The van der Waals surface area contributed by atoms with Gasteiger partial charge in [-0.2, -0.15) is 25.0 Å². The summed E-state index contributed by atoms with van der Waals surface area (Å²) in [5, 5.41) is 27.6. The Morgan fingerprint density at radius 1 is 0.471 bits per heavy atom. The first-order chi connectivity index (χ1) is 58.3. The number of aromatic nitrogens is 10. The molecule has 0 bridgehead atoms. The number of H-pyrrole nitrogens is 1. The molecule has 12 aromatic rings. The van der Waals surface area contributed by atoms with Gasteiger partial charge in [0, 0.05) is 141 Å². The molecule has 0 aliphatic carbocycles. The van der Waals surface area contributed by atoms with E-state index in [1.165, 1.54) is 45.3 Å². The Balaban J connectivity index is 0.000000128. The van der Waals surface area contributed by atoms with Crippen molar-refractivity contribution < 1.29 is 41.9 Å². The van der Waals surface area contributed by atoms with Crippen LogP contribution in [0.15, 0.2) is 168 Å². The lowest BCUT2D eigenvalue weighted by molar-refractivity contribution is -0.131. The number of nitrogens with one attached hydrogen (secondary N) is 6. The topological polar surface area (TPSA) is 373 Å². The number of likely N-dealkylation sites (N-methyl/N-ethyl adjacent to an activating group) is 1. The summed E-state index contributed by atoms with van der Waals surface area (Å²) in [7, 11) is 13.0. The molecule has 6 aliphatic heterocycles. The number of nitrogens with zero attached hydrogens (tertiary/aromatic N) is 20. The van der Waals surface area contributed by atoms with E-state index in [1.54, 1.807) is 133 Å². The number of esters is 1. The minimum absolute atomic E-state index is 0.0570. The van der Waals surface area contributed by atoms with Crippen molar-refractivity contribution in [3.63, 3.8) is 0 Å². The molecule has 15 heterocycles. The van der Waals surface area contributed by atoms with Gasteiger partial charge in [-0.3, -0.25) is 43.5 Å². The van der Waals surface area contributed by atoms with Crippen LogP contribution >= 0.6 is 56.9 Å². The van der Waals surface area contributed by atoms with Crippen molar-refractivity contribution in [1.82, 2.24) is 64.8 Å². The van der Waals surface area contributed by atoms with E-state index in [0.29, 0.717) is 130 Å². The van der Waals surface area contributed by atoms with E-state index in [4.69, 9.17) is 21.3 Å². The largest absolute Gasteiger partial charge is 0.426 e. The number of carbonyl (C=O) groups excluding carboxylic acids is 6. The Morgan fingerprint density at radius 3 is 1.18 bits per heavy atom. The van der Waals surface area contributed by atoms with Gasteiger partial charge in [-0.1, -0.05) is 6.58 Å². The predicted octanol–water partition coefficient (Wildman–Crippen LogP) is 13.2. The average Bonchev–Trinajstić information content (AvgIpc) is 1.64. The van der Waals surface area contributed by atoms with Gasteiger partial charge < -0.3 is 75.0 Å². The number of sulfonamides is 1. The van der Waals surface area contributed by atoms with E-state index in [2.05, 4.69) is 94.5 Å². The van der Waals surface area contributed by atoms with Gasteiger partial charge in [0.05, 0.1) is 53.7 Å². The van der Waals surface area contributed by atoms with Crippen molar-refractivity contribution in [2.45, 2.75) is 18.9 Å². The molecule has 2 fully saturated rings. The van der Waals surface area contributed by atoms with Crippen molar-refractivity contribution in [2.75, 3.05) is 174 Å². The van der Waals surface area contributed by atoms with E-state index in [0.717, 1.165) is 86.0 Å². The molecule has 0 radical (unpaired) electrons. The highest BCUT2D eigenvalue weighted by Gasteiger charge is 2.36. The third kappa shape index (κ3) is 17.7. The van der Waals surface area contributed by atoms with Crippen LogP contribution in [0, 0.1) is 0 Å². The second-order valence-corrected chi connectivity index (χ2v) is 33.8. The summed E-state index contributed by atoms with van der Waals surface area (Å²) < 4.78 is 30.5. The molecule has 0 unspecified atom stereocenters. The van der Waals surface area contributed by atoms with Crippen molar-refractivity contribution >= 4 is 224 Å². The fourth-order valence-corrected chi connectivity index (χ4v) is 18.2. The third-order valence-corrected chi connectivity index (χ3v) is 25.5. The minimum Gasteiger partial charge on any atom is -0.426 e. The number of carbonyl (C=O) groups is 6. The van der Waals surface area contributed by atoms with Crippen LogP contribution in [-0.4, -0.2) is 223 Å². The summed E-state index contributed by atoms with van der Waals surface area (Å²) >= 11 is 11.1. The van der Waals surface area contributed by atoms with Crippen molar-refractivity contribution in [2.24, 2.45) is 0 Å². The number of piperidine rings is 1. The molecule has 9 aromatic heterocycles. The van der Waals surface area contributed by atoms with Gasteiger partial charge in [-0.05, 0) is 138 Å². The maximum atomic E-state index is 13.2. The molecule has 41 heteroatoms. The molecular formula is C80H81ClN26O9S5. The quantitative estimate of drug-likeness (QED) is 0.0315. The molecule has 0 atom stereocenters. The number of amides is 5. The van der Waals surface area contributed by atoms with Crippen LogP contribution in [0.4, 0.5) is 121 Å². The number of halogens is 1. The number of aromatic amines is 1. The lowest BCUT2D eigenvalue weighted by Crippen LogP contribution is -2.52. The summed E-state index contributed by atoms with van der Waals surface area (Å²) in [5.41, 5.74) is 9.08. The smallest absolute Gasteiger partial charge is 0.326 e. The van der Waals surface area contributed by atoms with Gasteiger partial charge in [0.1, 0.15) is 59.7 Å². The Kier molecular flexibility index (Phi) is 24.3. The zero-order valence-corrected chi connectivity index (χ0v) is 71.6. The minimum atomic E-state index is -3.56. The first kappa shape index (κ1) is 83.0. The Hall–Kier alpha value is -13.1. The zero-order chi connectivity index (χ0) is 85.1. The van der Waals surface area contributed by atoms with Crippen molar-refractivity contribution in [1.29, 1.82) is 0 Å². The zero-order valence-electron chi connectivity index (χ0n) is 66.8. The molecule has 622 valence electrons. The summed E-state index contributed by atoms with van der Waals surface area (Å²) in [4.78, 5) is 135. The van der Waals surface area contributed by atoms with Crippen LogP contribution in [0.3, 0.4) is 0 Å². The molecule has 5 amide bonds. The number of ether oxygens (including phenoxy) is 1. The monoisotopic (exact) mass is 1740 g/mol. The van der Waals surface area contributed by atoms with Gasteiger partial charge in [-0.15, -0.1) is 56.9 Å². The summed E-state index contributed by atoms with van der Waals surface area (Å²) in [6.07, 6.45) is 10.2. The van der Waals surface area contributed by atoms with Gasteiger partial charge in [0.15, 0.2) is 23.3 Å². The number of alkyl halides is 1. The average molecular weight is 1750 g/mol. The second kappa shape index (κ2) is 35.5. The Bertz CT molecular complexity index is 6000. The third-order valence-electron chi connectivity index (χ3n) is 20.7. The van der Waals surface area contributed by atoms with Gasteiger partial charge in [-0.25, -0.2) is 28.4 Å². The number of fused-ring (bicyclic) bond motifs is 8. The second-order valence-electron chi connectivity index (χ2n) is 28.3. The lowest BCUT2D eigenvalue weighted by Gasteiger charge is -2.42. The molecule has 35 nitrogen and oxygen atoms in total. The van der Waals surface area contributed by atoms with E-state index in [-0.39, 0.29) is 35.4 Å². The maximum absolute atomic E-state index is 13.2. The lowest BCUT2D eigenvalue weighted by atomic mass is 10.0. The molecule has 121 heavy (non-hydrogen) atoms. The van der Waals surface area contributed by atoms with Crippen LogP contribution in [0.25, 0.3) is 0 Å². The number of thiophene rings is 4. The normalized spacial score (nSPS) is 15.1. The number of hydrogen-bond acceptors (Lipinski definition) is 32. The summed E-state index contributed by atoms with van der Waals surface area (Å²) in [6, 6.07) is 30.9. The van der Waals surface area contributed by atoms with E-state index in [9.17, 15) is 37.2 Å². The Morgan fingerprint density at radius 2 is 0.826 bits per heavy atom. The molecule has 0 spiro atoms. The maximum Gasteiger partial charge on any atom is 0.326 e. The fourth-order valence-electron chi connectivity index (χ4n) is 14.0. The van der Waals surface area contributed by atoms with E-state index >= 15 is 0 Å². The summed E-state index contributed by atoms with van der Waals surface area (Å²) in [5.74, 6) is 4.22. The number of hydrogen-bond donors (Lipinski definition) is 6. The predicted molar refractivity (Wildman–Crippen MR) is 477 cm³/mol.